The Morgan fingerprint density at radius 3 is 0.921 bits per heavy atom. The Kier molecular flexibility index (Phi) is 15.4. The third-order valence-electron chi connectivity index (χ3n) is 5.63. The van der Waals surface area contributed by atoms with Crippen molar-refractivity contribution in [1.82, 2.24) is 0 Å². The van der Waals surface area contributed by atoms with Gasteiger partial charge in [0.25, 0.3) is 0 Å². The molecule has 38 heavy (non-hydrogen) atoms. The Bertz CT molecular complexity index is 1150. The van der Waals surface area contributed by atoms with Crippen LogP contribution in [0.15, 0.2) is 152 Å². The van der Waals surface area contributed by atoms with Gasteiger partial charge in [0, 0.05) is 19.5 Å². The van der Waals surface area contributed by atoms with Crippen molar-refractivity contribution in [3.05, 3.63) is 158 Å². The molecule has 5 aromatic rings. The van der Waals surface area contributed by atoms with Gasteiger partial charge in [-0.25, -0.2) is 0 Å². The van der Waals surface area contributed by atoms with E-state index in [4.69, 9.17) is 4.65 Å². The first-order valence-corrected chi connectivity index (χ1v) is 15.3. The molecule has 5 aromatic carbocycles. The predicted octanol–water partition coefficient (Wildman–Crippen LogP) is 6.93. The largest absolute Gasteiger partial charge is 0.0622 e. The average molecular weight is 621 g/mol. The minimum Gasteiger partial charge on any atom is -0.0622 e. The molecule has 0 aliphatic carbocycles. The molecule has 0 aliphatic heterocycles. The molecule has 0 aromatic heterocycles. The van der Waals surface area contributed by atoms with Crippen LogP contribution in [0.5, 0.6) is 0 Å². The van der Waals surface area contributed by atoms with Crippen molar-refractivity contribution in [3.63, 3.8) is 0 Å². The molecule has 0 bridgehead atoms. The van der Waals surface area contributed by atoms with E-state index in [1.165, 1.54) is 39.1 Å². The first-order valence-electron chi connectivity index (χ1n) is 12.4. The summed E-state index contributed by atoms with van der Waals surface area (Å²) in [6, 6.07) is 54.1. The van der Waals surface area contributed by atoms with Crippen LogP contribution in [0, 0.1) is 6.65 Å². The van der Waals surface area contributed by atoms with Crippen molar-refractivity contribution >= 4 is 42.4 Å². The molecule has 193 valence electrons. The van der Waals surface area contributed by atoms with Crippen LogP contribution in [0.1, 0.15) is 13.3 Å². The first kappa shape index (κ1) is 31.5. The van der Waals surface area contributed by atoms with Crippen LogP contribution in [0.25, 0.3) is 0 Å². The minimum atomic E-state index is -0.446. The monoisotopic (exact) mass is 621 g/mol. The molecule has 0 saturated heterocycles. The van der Waals surface area contributed by atoms with E-state index in [1.807, 2.05) is 0 Å². The van der Waals surface area contributed by atoms with Crippen LogP contribution in [0.4, 0.5) is 0 Å². The number of hydrogen-bond acceptors (Lipinski definition) is 0. The van der Waals surface area contributed by atoms with Gasteiger partial charge in [-0.2, -0.15) is 0 Å². The molecule has 5 rings (SSSR count). The van der Waals surface area contributed by atoms with Crippen molar-refractivity contribution in [2.24, 2.45) is 0 Å². The molecular weight excluding hydrogens is 589 g/mol. The zero-order valence-corrected chi connectivity index (χ0v) is 24.9. The van der Waals surface area contributed by atoms with Gasteiger partial charge in [0.05, 0.1) is 0 Å². The SMILES string of the molecule is CCCP(c1ccccc1)c1ccccc1.[C-]#[O+].[Rh].c1ccc(P(c2ccccc2)c2ccccc2)cc1. The predicted molar refractivity (Wildman–Crippen MR) is 163 cm³/mol. The van der Waals surface area contributed by atoms with Crippen LogP contribution in [-0.2, 0) is 24.1 Å². The smallest absolute Gasteiger partial charge is 0 e. The molecule has 1 radical (unpaired) electrons. The molecular formula is C34H32OP2Rh. The fraction of sp³-hybridized carbons (Fsp3) is 0.0882. The van der Waals surface area contributed by atoms with E-state index in [1.54, 1.807) is 0 Å². The zero-order chi connectivity index (χ0) is 26.1. The molecule has 0 unspecified atom stereocenters. The van der Waals surface area contributed by atoms with Gasteiger partial charge < -0.3 is 0 Å². The Morgan fingerprint density at radius 2 is 0.684 bits per heavy atom. The third-order valence-corrected chi connectivity index (χ3v) is 10.8. The summed E-state index contributed by atoms with van der Waals surface area (Å²) in [4.78, 5) is 0. The maximum atomic E-state index is 7.50. The van der Waals surface area contributed by atoms with Crippen molar-refractivity contribution in [3.8, 4) is 0 Å². The maximum Gasteiger partial charge on any atom is 0 e. The van der Waals surface area contributed by atoms with Gasteiger partial charge in [-0.15, -0.1) is 0 Å². The summed E-state index contributed by atoms with van der Waals surface area (Å²) in [5.41, 5.74) is 0. The van der Waals surface area contributed by atoms with E-state index in [0.717, 1.165) is 0 Å². The Morgan fingerprint density at radius 1 is 0.447 bits per heavy atom. The standard InChI is InChI=1S/C18H15P.C15H17P.CO.Rh/c1-4-10-16(11-5-1)19(17-12-6-2-7-13-17)18-14-8-3-9-15-18;1-2-13-16(14-9-5-3-6-10-14)15-11-7-4-8-12-15;1-2;/h1-15H;3-12H,2,13H2,1H3;;. The number of benzene rings is 5. The van der Waals surface area contributed by atoms with Gasteiger partial charge in [0.15, 0.2) is 0 Å². The number of rotatable bonds is 7. The van der Waals surface area contributed by atoms with E-state index < -0.39 is 7.92 Å². The average Bonchev–Trinajstić information content (AvgIpc) is 3.00. The van der Waals surface area contributed by atoms with E-state index in [0.29, 0.717) is 0 Å². The summed E-state index contributed by atoms with van der Waals surface area (Å²) in [7, 11) is -0.597. The molecule has 0 spiro atoms. The molecule has 0 N–H and O–H groups in total. The van der Waals surface area contributed by atoms with Gasteiger partial charge in [0.2, 0.25) is 0 Å². The van der Waals surface area contributed by atoms with E-state index in [9.17, 15) is 0 Å². The summed E-state index contributed by atoms with van der Waals surface area (Å²) in [5.74, 6) is 0. The van der Waals surface area contributed by atoms with Gasteiger partial charge >= 0.3 is 11.3 Å². The van der Waals surface area contributed by atoms with Crippen molar-refractivity contribution < 1.29 is 24.1 Å². The molecule has 0 fully saturated rings. The summed E-state index contributed by atoms with van der Waals surface area (Å²) < 4.78 is 7.50. The Hall–Kier alpha value is -2.68. The van der Waals surface area contributed by atoms with Gasteiger partial charge in [-0.05, 0) is 48.5 Å². The quantitative estimate of drug-likeness (QED) is 0.0813. The molecule has 0 amide bonds. The zero-order valence-electron chi connectivity index (χ0n) is 21.5. The first-order chi connectivity index (χ1) is 18.4. The topological polar surface area (TPSA) is 19.9 Å². The summed E-state index contributed by atoms with van der Waals surface area (Å²) >= 11 is 0. The van der Waals surface area contributed by atoms with Gasteiger partial charge in [-0.1, -0.05) is 165 Å². The molecule has 0 aliphatic rings. The minimum absolute atomic E-state index is 0. The maximum absolute atomic E-state index is 7.50. The van der Waals surface area contributed by atoms with Crippen molar-refractivity contribution in [2.75, 3.05) is 6.16 Å². The van der Waals surface area contributed by atoms with Gasteiger partial charge in [-0.3, -0.25) is 0 Å². The van der Waals surface area contributed by atoms with Crippen LogP contribution in [0.2, 0.25) is 0 Å². The Balaban J connectivity index is 0.000000248. The normalized spacial score (nSPS) is 9.82. The van der Waals surface area contributed by atoms with Crippen LogP contribution >= 0.6 is 15.8 Å². The summed E-state index contributed by atoms with van der Waals surface area (Å²) in [6.45, 7) is 6.77. The second-order valence-electron chi connectivity index (χ2n) is 8.16. The van der Waals surface area contributed by atoms with Crippen molar-refractivity contribution in [2.45, 2.75) is 13.3 Å². The second kappa shape index (κ2) is 18.6. The molecule has 1 nitrogen and oxygen atoms in total. The summed E-state index contributed by atoms with van der Waals surface area (Å²) in [5, 5.41) is 7.18. The van der Waals surface area contributed by atoms with E-state index >= 15 is 0 Å². The fourth-order valence-electron chi connectivity index (χ4n) is 4.03. The van der Waals surface area contributed by atoms with Crippen LogP contribution < -0.4 is 26.5 Å². The van der Waals surface area contributed by atoms with E-state index in [2.05, 4.69) is 165 Å². The van der Waals surface area contributed by atoms with Crippen LogP contribution in [-0.4, -0.2) is 6.16 Å². The summed E-state index contributed by atoms with van der Waals surface area (Å²) in [6.07, 6.45) is 2.53. The molecule has 0 atom stereocenters. The van der Waals surface area contributed by atoms with Crippen LogP contribution in [0.3, 0.4) is 0 Å². The fourth-order valence-corrected chi connectivity index (χ4v) is 8.66. The Labute approximate surface area is 243 Å². The van der Waals surface area contributed by atoms with Crippen molar-refractivity contribution in [1.29, 1.82) is 0 Å². The molecule has 0 saturated carbocycles. The van der Waals surface area contributed by atoms with Gasteiger partial charge in [0.1, 0.15) is 0 Å². The second-order valence-corrected chi connectivity index (χ2v) is 12.7. The van der Waals surface area contributed by atoms with E-state index in [-0.39, 0.29) is 27.4 Å². The number of hydrogen-bond donors (Lipinski definition) is 0. The molecule has 4 heteroatoms. The molecule has 0 heterocycles. The third kappa shape index (κ3) is 9.57.